The highest BCUT2D eigenvalue weighted by Gasteiger charge is 2.34. The van der Waals surface area contributed by atoms with E-state index in [9.17, 15) is 4.79 Å². The van der Waals surface area contributed by atoms with Crippen LogP contribution in [0.25, 0.3) is 10.4 Å². The number of nitrogens with zero attached hydrogens (tertiary/aromatic N) is 1. The number of hydrogen-bond donors (Lipinski definition) is 1. The normalized spacial score (nSPS) is 21.4. The summed E-state index contributed by atoms with van der Waals surface area (Å²) in [6.45, 7) is 12.0. The lowest BCUT2D eigenvalue weighted by molar-refractivity contribution is 0.0151. The van der Waals surface area contributed by atoms with Gasteiger partial charge in [0.05, 0.1) is 17.2 Å². The van der Waals surface area contributed by atoms with Gasteiger partial charge in [-0.15, -0.1) is 28.3 Å². The Morgan fingerprint density at radius 1 is 1.14 bits per heavy atom. The first kappa shape index (κ1) is 25.7. The van der Waals surface area contributed by atoms with E-state index in [1.54, 1.807) is 11.3 Å². The number of halogens is 1. The summed E-state index contributed by atoms with van der Waals surface area (Å²) in [4.78, 5) is 15.8. The number of thiophene rings is 1. The molecule has 4 heterocycles. The van der Waals surface area contributed by atoms with E-state index in [1.807, 2.05) is 57.3 Å². The Hall–Kier alpha value is -1.37. The second-order valence-corrected chi connectivity index (χ2v) is 7.57. The highest BCUT2D eigenvalue weighted by Crippen LogP contribution is 2.34. The number of fused-ring (bicyclic) bond motifs is 3. The predicted octanol–water partition coefficient (Wildman–Crippen LogP) is 7.18. The van der Waals surface area contributed by atoms with Crippen molar-refractivity contribution in [2.24, 2.45) is 11.8 Å². The number of rotatable bonds is 4. The molecule has 5 rings (SSSR count). The van der Waals surface area contributed by atoms with Crippen molar-refractivity contribution < 1.29 is 11.0 Å². The number of piperidine rings is 3. The van der Waals surface area contributed by atoms with Crippen LogP contribution in [0.5, 0.6) is 0 Å². The average molecular weight is 486 g/mol. The zero-order valence-electron chi connectivity index (χ0n) is 18.0. The summed E-state index contributed by atoms with van der Waals surface area (Å²) >= 11 is 1.62. The number of ether oxygens (including phenoxy) is 1. The molecule has 3 fully saturated rings. The molecule has 3 aliphatic heterocycles. The van der Waals surface area contributed by atoms with Crippen LogP contribution in [-0.4, -0.2) is 37.2 Å². The standard InChI is InChI=1S/C19H22N2O2S.2C2H6.BrH.H2/c22-19(23-13-16-12-21-9-6-14(16)7-10-21)20-17-8-11-24-18(17)15-4-2-1-3-5-15;2*1-2;;/h1-5,8,11,14,16H,6-7,9-10,12-13H2,(H,20,22);2*1-2H3;2*1H. The van der Waals surface area contributed by atoms with Crippen LogP contribution >= 0.6 is 28.3 Å². The number of benzene rings is 1. The fraction of sp³-hybridized carbons (Fsp3) is 0.522. The Labute approximate surface area is 191 Å². The molecule has 1 N–H and O–H groups in total. The third-order valence-corrected chi connectivity index (χ3v) is 6.12. The molecule has 0 aliphatic carbocycles. The van der Waals surface area contributed by atoms with Crippen LogP contribution in [0.3, 0.4) is 0 Å². The molecule has 1 atom stereocenters. The van der Waals surface area contributed by atoms with Gasteiger partial charge in [0.25, 0.3) is 0 Å². The molecule has 6 heteroatoms. The Kier molecular flexibility index (Phi) is 12.2. The molecule has 1 amide bonds. The summed E-state index contributed by atoms with van der Waals surface area (Å²) in [6.07, 6.45) is 2.15. The van der Waals surface area contributed by atoms with E-state index in [1.165, 1.54) is 25.9 Å². The smallest absolute Gasteiger partial charge is 0.411 e. The van der Waals surface area contributed by atoms with Gasteiger partial charge in [0.15, 0.2) is 0 Å². The van der Waals surface area contributed by atoms with Crippen molar-refractivity contribution in [1.29, 1.82) is 0 Å². The quantitative estimate of drug-likeness (QED) is 0.499. The van der Waals surface area contributed by atoms with Crippen LogP contribution < -0.4 is 5.32 Å². The highest BCUT2D eigenvalue weighted by molar-refractivity contribution is 8.93. The molecule has 3 aliphatic rings. The fourth-order valence-corrected chi connectivity index (χ4v) is 4.68. The second-order valence-electron chi connectivity index (χ2n) is 6.65. The van der Waals surface area contributed by atoms with Gasteiger partial charge >= 0.3 is 6.09 Å². The minimum atomic E-state index is -0.345. The minimum absolute atomic E-state index is 0. The van der Waals surface area contributed by atoms with Gasteiger partial charge in [0, 0.05) is 13.9 Å². The largest absolute Gasteiger partial charge is 0.449 e. The van der Waals surface area contributed by atoms with Crippen LogP contribution in [-0.2, 0) is 4.74 Å². The first-order valence-corrected chi connectivity index (χ1v) is 11.5. The van der Waals surface area contributed by atoms with Gasteiger partial charge in [0.2, 0.25) is 0 Å². The summed E-state index contributed by atoms with van der Waals surface area (Å²) in [6, 6.07) is 12.0. The minimum Gasteiger partial charge on any atom is -0.449 e. The first-order chi connectivity index (χ1) is 13.8. The third-order valence-electron chi connectivity index (χ3n) is 5.16. The molecule has 164 valence electrons. The van der Waals surface area contributed by atoms with Crippen molar-refractivity contribution in [2.45, 2.75) is 40.5 Å². The van der Waals surface area contributed by atoms with E-state index in [0.29, 0.717) is 12.5 Å². The SMILES string of the molecule is Br.CC.CC.O=C(Nc1ccsc1-c1ccccc1)OCC1CN2CCC1CC2.[HH]. The van der Waals surface area contributed by atoms with Crippen LogP contribution in [0.4, 0.5) is 10.5 Å². The Bertz CT molecular complexity index is 706. The topological polar surface area (TPSA) is 41.6 Å². The Morgan fingerprint density at radius 2 is 1.79 bits per heavy atom. The van der Waals surface area contributed by atoms with Gasteiger partial charge in [0.1, 0.15) is 0 Å². The number of nitrogens with one attached hydrogen (secondary N) is 1. The lowest BCUT2D eigenvalue weighted by Crippen LogP contribution is -2.49. The molecule has 3 saturated heterocycles. The van der Waals surface area contributed by atoms with Gasteiger partial charge < -0.3 is 9.64 Å². The van der Waals surface area contributed by atoms with Crippen LogP contribution in [0.1, 0.15) is 42.0 Å². The summed E-state index contributed by atoms with van der Waals surface area (Å²) in [5.74, 6) is 1.22. The van der Waals surface area contributed by atoms with Crippen LogP contribution in [0, 0.1) is 11.8 Å². The number of carbonyl (C=O) groups is 1. The van der Waals surface area contributed by atoms with Crippen LogP contribution in [0.15, 0.2) is 41.8 Å². The molecular formula is C23H37BrN2O2S. The molecule has 1 aromatic heterocycles. The van der Waals surface area contributed by atoms with Crippen molar-refractivity contribution in [1.82, 2.24) is 4.90 Å². The lowest BCUT2D eigenvalue weighted by atomic mass is 9.79. The maximum absolute atomic E-state index is 12.2. The van der Waals surface area contributed by atoms with Crippen molar-refractivity contribution in [2.75, 3.05) is 31.6 Å². The number of hydrogen-bond acceptors (Lipinski definition) is 4. The molecular weight excluding hydrogens is 448 g/mol. The molecule has 0 spiro atoms. The molecule has 4 nitrogen and oxygen atoms in total. The maximum atomic E-state index is 12.2. The van der Waals surface area contributed by atoms with Gasteiger partial charge in [-0.2, -0.15) is 0 Å². The van der Waals surface area contributed by atoms with E-state index >= 15 is 0 Å². The average Bonchev–Trinajstić information content (AvgIpc) is 3.24. The summed E-state index contributed by atoms with van der Waals surface area (Å²) < 4.78 is 5.53. The predicted molar refractivity (Wildman–Crippen MR) is 133 cm³/mol. The van der Waals surface area contributed by atoms with E-state index in [-0.39, 0.29) is 24.5 Å². The van der Waals surface area contributed by atoms with Gasteiger partial charge in [-0.3, -0.25) is 5.32 Å². The molecule has 0 saturated carbocycles. The van der Waals surface area contributed by atoms with E-state index in [2.05, 4.69) is 22.3 Å². The van der Waals surface area contributed by atoms with Crippen molar-refractivity contribution in [3.8, 4) is 10.4 Å². The number of carbonyl (C=O) groups excluding carboxylic acids is 1. The summed E-state index contributed by atoms with van der Waals surface area (Å²) in [5, 5.41) is 4.90. The van der Waals surface area contributed by atoms with E-state index in [0.717, 1.165) is 28.6 Å². The molecule has 0 radical (unpaired) electrons. The van der Waals surface area contributed by atoms with Gasteiger partial charge in [-0.1, -0.05) is 58.0 Å². The van der Waals surface area contributed by atoms with Crippen molar-refractivity contribution in [3.63, 3.8) is 0 Å². The summed E-state index contributed by atoms with van der Waals surface area (Å²) in [7, 11) is 0. The summed E-state index contributed by atoms with van der Waals surface area (Å²) in [5.41, 5.74) is 1.94. The zero-order valence-corrected chi connectivity index (χ0v) is 20.5. The highest BCUT2D eigenvalue weighted by atomic mass is 79.9. The van der Waals surface area contributed by atoms with Gasteiger partial charge in [-0.25, -0.2) is 4.79 Å². The second kappa shape index (κ2) is 13.8. The van der Waals surface area contributed by atoms with E-state index < -0.39 is 0 Å². The first-order valence-electron chi connectivity index (χ1n) is 10.6. The molecule has 1 aromatic carbocycles. The van der Waals surface area contributed by atoms with Crippen LogP contribution in [0.2, 0.25) is 0 Å². The number of amides is 1. The molecule has 2 aromatic rings. The Morgan fingerprint density at radius 3 is 2.38 bits per heavy atom. The maximum Gasteiger partial charge on any atom is 0.411 e. The van der Waals surface area contributed by atoms with E-state index in [4.69, 9.17) is 4.74 Å². The third kappa shape index (κ3) is 7.12. The molecule has 29 heavy (non-hydrogen) atoms. The monoisotopic (exact) mass is 484 g/mol. The fourth-order valence-electron chi connectivity index (χ4n) is 3.83. The number of anilines is 1. The van der Waals surface area contributed by atoms with Gasteiger partial charge in [-0.05, 0) is 48.9 Å². The zero-order chi connectivity index (χ0) is 20.4. The molecule has 2 bridgehead atoms. The van der Waals surface area contributed by atoms with Crippen molar-refractivity contribution in [3.05, 3.63) is 41.8 Å². The van der Waals surface area contributed by atoms with Crippen molar-refractivity contribution >= 4 is 40.1 Å². The lowest BCUT2D eigenvalue weighted by Gasteiger charge is -2.44. The molecule has 1 unspecified atom stereocenters. The Balaban J connectivity index is 0.00000133.